The molecule has 0 saturated heterocycles. The highest BCUT2D eigenvalue weighted by atomic mass is 16.5. The van der Waals surface area contributed by atoms with E-state index in [1.54, 1.807) is 0 Å². The Balaban J connectivity index is 1.48. The Kier molecular flexibility index (Phi) is 4.48. The fourth-order valence-corrected chi connectivity index (χ4v) is 6.85. The molecule has 3 heteroatoms. The Hall–Kier alpha value is -4.63. The van der Waals surface area contributed by atoms with Crippen LogP contribution in [0.1, 0.15) is 51.0 Å². The molecule has 5 aromatic carbocycles. The smallest absolute Gasteiger partial charge is 0.163 e. The fourth-order valence-electron chi connectivity index (χ4n) is 6.85. The van der Waals surface area contributed by atoms with Gasteiger partial charge in [0, 0.05) is 28.8 Å². The molecule has 8 rings (SSSR count). The van der Waals surface area contributed by atoms with Gasteiger partial charge in [0.1, 0.15) is 11.5 Å². The Morgan fingerprint density at radius 2 is 1.16 bits per heavy atom. The predicted octanol–water partition coefficient (Wildman–Crippen LogP) is 8.48. The molecule has 1 spiro atoms. The highest BCUT2D eigenvalue weighted by molar-refractivity contribution is 6.00. The summed E-state index contributed by atoms with van der Waals surface area (Å²) in [6.45, 7) is 0. The van der Waals surface area contributed by atoms with Crippen molar-refractivity contribution < 1.29 is 9.53 Å². The fraction of sp³-hybridized carbons (Fsp3) is 0.114. The molecule has 38 heavy (non-hydrogen) atoms. The van der Waals surface area contributed by atoms with E-state index in [2.05, 4.69) is 108 Å². The second-order valence-electron chi connectivity index (χ2n) is 10.3. The molecule has 5 aromatic rings. The molecule has 2 aliphatic heterocycles. The molecule has 0 atom stereocenters. The second kappa shape index (κ2) is 7.93. The average Bonchev–Trinajstić information content (AvgIpc) is 2.97. The van der Waals surface area contributed by atoms with E-state index in [4.69, 9.17) is 4.74 Å². The number of aryl methyl sites for hydroxylation is 1. The first-order valence-corrected chi connectivity index (χ1v) is 13.3. The van der Waals surface area contributed by atoms with Crippen LogP contribution >= 0.6 is 0 Å². The van der Waals surface area contributed by atoms with Crippen molar-refractivity contribution in [2.75, 3.05) is 4.90 Å². The lowest BCUT2D eigenvalue weighted by Gasteiger charge is -2.48. The van der Waals surface area contributed by atoms with Gasteiger partial charge in [-0.2, -0.15) is 0 Å². The molecule has 2 heterocycles. The van der Waals surface area contributed by atoms with Crippen LogP contribution in [0, 0.1) is 0 Å². The van der Waals surface area contributed by atoms with Crippen LogP contribution in [-0.4, -0.2) is 5.78 Å². The SMILES string of the molecule is O=C1CCCc2ccc(N3c4ccccc4C4(c5ccccc5Oc5ccccc54)c4ccccc43)cc21. The van der Waals surface area contributed by atoms with Crippen LogP contribution in [0.25, 0.3) is 0 Å². The van der Waals surface area contributed by atoms with Gasteiger partial charge in [0.05, 0.1) is 16.8 Å². The van der Waals surface area contributed by atoms with Crippen molar-refractivity contribution in [1.29, 1.82) is 0 Å². The third-order valence-corrected chi connectivity index (χ3v) is 8.40. The zero-order chi connectivity index (χ0) is 25.3. The first kappa shape index (κ1) is 21.5. The van der Waals surface area contributed by atoms with Crippen LogP contribution in [-0.2, 0) is 11.8 Å². The van der Waals surface area contributed by atoms with E-state index in [9.17, 15) is 4.79 Å². The van der Waals surface area contributed by atoms with Gasteiger partial charge < -0.3 is 9.64 Å². The molecule has 0 aromatic heterocycles. The summed E-state index contributed by atoms with van der Waals surface area (Å²) >= 11 is 0. The Morgan fingerprint density at radius 1 is 0.605 bits per heavy atom. The van der Waals surface area contributed by atoms with Gasteiger partial charge in [0.15, 0.2) is 5.78 Å². The summed E-state index contributed by atoms with van der Waals surface area (Å²) in [4.78, 5) is 15.2. The summed E-state index contributed by atoms with van der Waals surface area (Å²) in [5, 5.41) is 0. The number of rotatable bonds is 1. The first-order valence-electron chi connectivity index (χ1n) is 13.3. The van der Waals surface area contributed by atoms with Gasteiger partial charge in [0.25, 0.3) is 0 Å². The minimum Gasteiger partial charge on any atom is -0.457 e. The molecule has 0 amide bonds. The van der Waals surface area contributed by atoms with Gasteiger partial charge in [-0.15, -0.1) is 0 Å². The maximum Gasteiger partial charge on any atom is 0.163 e. The number of carbonyl (C=O) groups is 1. The largest absolute Gasteiger partial charge is 0.457 e. The van der Waals surface area contributed by atoms with Crippen molar-refractivity contribution in [3.63, 3.8) is 0 Å². The molecule has 0 unspecified atom stereocenters. The summed E-state index contributed by atoms with van der Waals surface area (Å²) in [6.07, 6.45) is 2.52. The van der Waals surface area contributed by atoms with E-state index in [-0.39, 0.29) is 5.78 Å². The summed E-state index contributed by atoms with van der Waals surface area (Å²) in [5.41, 5.74) is 9.40. The molecular weight excluding hydrogens is 466 g/mol. The van der Waals surface area contributed by atoms with Gasteiger partial charge in [-0.1, -0.05) is 78.9 Å². The molecule has 182 valence electrons. The number of anilines is 3. The number of nitrogens with zero attached hydrogens (tertiary/aromatic N) is 1. The molecule has 0 bridgehead atoms. The summed E-state index contributed by atoms with van der Waals surface area (Å²) in [5.74, 6) is 2.00. The molecule has 0 saturated carbocycles. The van der Waals surface area contributed by atoms with E-state index in [0.717, 1.165) is 63.7 Å². The number of benzene rings is 5. The number of hydrogen-bond acceptors (Lipinski definition) is 3. The van der Waals surface area contributed by atoms with Crippen LogP contribution in [0.2, 0.25) is 0 Å². The van der Waals surface area contributed by atoms with Crippen LogP contribution in [0.4, 0.5) is 17.1 Å². The van der Waals surface area contributed by atoms with Crippen LogP contribution < -0.4 is 9.64 Å². The minimum atomic E-state index is -0.543. The van der Waals surface area contributed by atoms with Crippen molar-refractivity contribution in [3.8, 4) is 11.5 Å². The maximum absolute atomic E-state index is 12.9. The van der Waals surface area contributed by atoms with Crippen LogP contribution in [0.3, 0.4) is 0 Å². The van der Waals surface area contributed by atoms with Gasteiger partial charge in [0.2, 0.25) is 0 Å². The monoisotopic (exact) mass is 491 g/mol. The minimum absolute atomic E-state index is 0.246. The molecule has 0 N–H and O–H groups in total. The second-order valence-corrected chi connectivity index (χ2v) is 10.3. The lowest BCUT2D eigenvalue weighted by Crippen LogP contribution is -2.39. The molecule has 3 aliphatic rings. The number of para-hydroxylation sites is 4. The van der Waals surface area contributed by atoms with Crippen molar-refractivity contribution >= 4 is 22.8 Å². The zero-order valence-electron chi connectivity index (χ0n) is 20.9. The van der Waals surface area contributed by atoms with Gasteiger partial charge in [-0.3, -0.25) is 4.79 Å². The number of carbonyl (C=O) groups excluding carboxylic acids is 1. The van der Waals surface area contributed by atoms with E-state index in [1.165, 1.54) is 11.1 Å². The summed E-state index contributed by atoms with van der Waals surface area (Å²) in [6, 6.07) is 40.6. The molecule has 3 nitrogen and oxygen atoms in total. The van der Waals surface area contributed by atoms with Crippen molar-refractivity contribution in [2.45, 2.75) is 24.7 Å². The Labute approximate surface area is 222 Å². The first-order chi connectivity index (χ1) is 18.8. The topological polar surface area (TPSA) is 29.5 Å². The molecular formula is C35H25NO2. The number of ketones is 1. The van der Waals surface area contributed by atoms with E-state index in [1.807, 2.05) is 12.1 Å². The van der Waals surface area contributed by atoms with Crippen molar-refractivity contribution in [1.82, 2.24) is 0 Å². The van der Waals surface area contributed by atoms with Crippen LogP contribution in [0.5, 0.6) is 11.5 Å². The number of fused-ring (bicyclic) bond motifs is 9. The molecule has 1 aliphatic carbocycles. The van der Waals surface area contributed by atoms with Gasteiger partial charge in [-0.05, 0) is 65.9 Å². The predicted molar refractivity (Wildman–Crippen MR) is 150 cm³/mol. The highest BCUT2D eigenvalue weighted by Crippen LogP contribution is 2.62. The average molecular weight is 492 g/mol. The quantitative estimate of drug-likeness (QED) is 0.231. The number of Topliss-reactive ketones (excluding diaryl/α,β-unsaturated/α-hetero) is 1. The van der Waals surface area contributed by atoms with Crippen LogP contribution in [0.15, 0.2) is 115 Å². The van der Waals surface area contributed by atoms with Gasteiger partial charge in [-0.25, -0.2) is 0 Å². The third-order valence-electron chi connectivity index (χ3n) is 8.40. The standard InChI is InChI=1S/C35H25NO2/c37-32-17-9-10-23-20-21-24(22-25(23)32)36-30-15-5-1-11-26(30)35(27-12-2-6-16-31(27)36)28-13-3-7-18-33(28)38-34-19-8-4-14-29(34)35/h1-8,11-16,18-22H,9-10,17H2. The highest BCUT2D eigenvalue weighted by Gasteiger charge is 2.50. The maximum atomic E-state index is 12.9. The molecule has 0 radical (unpaired) electrons. The van der Waals surface area contributed by atoms with Crippen molar-refractivity contribution in [2.24, 2.45) is 0 Å². The van der Waals surface area contributed by atoms with Crippen molar-refractivity contribution in [3.05, 3.63) is 149 Å². The lowest BCUT2D eigenvalue weighted by molar-refractivity contribution is 0.0972. The number of ether oxygens (including phenoxy) is 1. The van der Waals surface area contributed by atoms with E-state index < -0.39 is 5.41 Å². The third kappa shape index (κ3) is 2.76. The normalized spacial score (nSPS) is 16.0. The summed E-state index contributed by atoms with van der Waals surface area (Å²) < 4.78 is 6.47. The van der Waals surface area contributed by atoms with E-state index in [0.29, 0.717) is 6.42 Å². The zero-order valence-corrected chi connectivity index (χ0v) is 20.9. The summed E-state index contributed by atoms with van der Waals surface area (Å²) in [7, 11) is 0. The lowest BCUT2D eigenvalue weighted by atomic mass is 9.61. The Bertz CT molecular complexity index is 1670. The Morgan fingerprint density at radius 3 is 1.79 bits per heavy atom. The van der Waals surface area contributed by atoms with E-state index >= 15 is 0 Å². The van der Waals surface area contributed by atoms with Gasteiger partial charge >= 0.3 is 0 Å². The number of hydrogen-bond donors (Lipinski definition) is 0. The molecule has 0 fully saturated rings.